The number of hydrogen-bond acceptors (Lipinski definition) is 3. The number of hydrogen-bond donors (Lipinski definition) is 2. The van der Waals surface area contributed by atoms with Crippen molar-refractivity contribution in [1.82, 2.24) is 5.32 Å². The van der Waals surface area contributed by atoms with Crippen molar-refractivity contribution in [2.45, 2.75) is 46.0 Å². The van der Waals surface area contributed by atoms with Gasteiger partial charge in [0, 0.05) is 19.3 Å². The molecule has 5 nitrogen and oxygen atoms in total. The molecule has 0 radical (unpaired) electrons. The maximum atomic E-state index is 12.2. The first-order valence-electron chi connectivity index (χ1n) is 8.05. The molecule has 0 aliphatic carbocycles. The van der Waals surface area contributed by atoms with Gasteiger partial charge in [-0.1, -0.05) is 45.9 Å². The van der Waals surface area contributed by atoms with Gasteiger partial charge in [-0.15, -0.1) is 0 Å². The van der Waals surface area contributed by atoms with E-state index in [0.29, 0.717) is 25.0 Å². The number of ether oxygens (including phenoxy) is 1. The summed E-state index contributed by atoms with van der Waals surface area (Å²) in [5.74, 6) is -0.0124. The van der Waals surface area contributed by atoms with Crippen molar-refractivity contribution in [2.24, 2.45) is 0 Å². The van der Waals surface area contributed by atoms with Gasteiger partial charge in [-0.3, -0.25) is 9.59 Å². The highest BCUT2D eigenvalue weighted by molar-refractivity contribution is 6.04. The molecule has 1 rings (SSSR count). The maximum absolute atomic E-state index is 12.2. The number of amides is 2. The average Bonchev–Trinajstić information content (AvgIpc) is 2.46. The summed E-state index contributed by atoms with van der Waals surface area (Å²) in [6, 6.07) is 6.05. The Labute approximate surface area is 138 Å². The Morgan fingerprint density at radius 3 is 2.09 bits per heavy atom. The molecule has 1 aromatic carbocycles. The van der Waals surface area contributed by atoms with Crippen LogP contribution in [0.5, 0.6) is 0 Å². The van der Waals surface area contributed by atoms with Crippen molar-refractivity contribution in [2.75, 3.05) is 25.6 Å². The topological polar surface area (TPSA) is 67.4 Å². The number of benzene rings is 1. The van der Waals surface area contributed by atoms with Gasteiger partial charge in [-0.2, -0.15) is 0 Å². The van der Waals surface area contributed by atoms with Crippen LogP contribution in [0.1, 0.15) is 57.1 Å². The Bertz CT molecular complexity index is 513. The molecule has 0 aromatic heterocycles. The lowest BCUT2D eigenvalue weighted by molar-refractivity contribution is -0.126. The van der Waals surface area contributed by atoms with E-state index in [9.17, 15) is 9.59 Å². The molecule has 23 heavy (non-hydrogen) atoms. The van der Waals surface area contributed by atoms with E-state index in [4.69, 9.17) is 4.74 Å². The van der Waals surface area contributed by atoms with Crippen LogP contribution in [-0.2, 0) is 14.3 Å². The van der Waals surface area contributed by atoms with E-state index in [0.717, 1.165) is 16.8 Å². The lowest BCUT2D eigenvalue weighted by Crippen LogP contribution is -2.30. The van der Waals surface area contributed by atoms with E-state index >= 15 is 0 Å². The average molecular weight is 320 g/mol. The summed E-state index contributed by atoms with van der Waals surface area (Å²) in [6.07, 6.45) is -0.187. The van der Waals surface area contributed by atoms with Gasteiger partial charge in [0.1, 0.15) is 6.42 Å². The van der Waals surface area contributed by atoms with Crippen LogP contribution >= 0.6 is 0 Å². The standard InChI is InChI=1S/C18H28N2O3/c1-12(2)14-7-6-8-15(13(3)4)18(14)20-17(22)11-16(21)19-9-10-23-5/h6-8,12-13H,9-11H2,1-5H3,(H,19,21)(H,20,22). The van der Waals surface area contributed by atoms with Gasteiger partial charge >= 0.3 is 0 Å². The molecule has 0 unspecified atom stereocenters. The number of methoxy groups -OCH3 is 1. The highest BCUT2D eigenvalue weighted by Gasteiger charge is 2.17. The second-order valence-corrected chi connectivity index (χ2v) is 6.19. The largest absolute Gasteiger partial charge is 0.383 e. The number of carbonyl (C=O) groups excluding carboxylic acids is 2. The smallest absolute Gasteiger partial charge is 0.233 e. The predicted octanol–water partition coefficient (Wildman–Crippen LogP) is 3.02. The van der Waals surface area contributed by atoms with E-state index < -0.39 is 0 Å². The van der Waals surface area contributed by atoms with E-state index in [1.54, 1.807) is 7.11 Å². The molecular formula is C18H28N2O3. The SMILES string of the molecule is COCCNC(=O)CC(=O)Nc1c(C(C)C)cccc1C(C)C. The van der Waals surface area contributed by atoms with Crippen LogP contribution in [0.15, 0.2) is 18.2 Å². The zero-order valence-corrected chi connectivity index (χ0v) is 14.7. The Morgan fingerprint density at radius 1 is 1.04 bits per heavy atom. The van der Waals surface area contributed by atoms with Crippen molar-refractivity contribution >= 4 is 17.5 Å². The molecule has 1 aromatic rings. The molecule has 0 saturated heterocycles. The van der Waals surface area contributed by atoms with Crippen LogP contribution in [0.25, 0.3) is 0 Å². The molecule has 128 valence electrons. The Balaban J connectivity index is 2.82. The third-order valence-electron chi connectivity index (χ3n) is 3.59. The van der Waals surface area contributed by atoms with Gasteiger partial charge in [-0.05, 0) is 23.0 Å². The van der Waals surface area contributed by atoms with E-state index in [1.165, 1.54) is 0 Å². The van der Waals surface area contributed by atoms with Crippen molar-refractivity contribution in [3.05, 3.63) is 29.3 Å². The monoisotopic (exact) mass is 320 g/mol. The highest BCUT2D eigenvalue weighted by atomic mass is 16.5. The van der Waals surface area contributed by atoms with E-state index in [-0.39, 0.29) is 18.2 Å². The summed E-state index contributed by atoms with van der Waals surface area (Å²) < 4.78 is 4.86. The number of rotatable bonds is 8. The summed E-state index contributed by atoms with van der Waals surface area (Å²) in [4.78, 5) is 23.9. The second kappa shape index (κ2) is 9.30. The summed E-state index contributed by atoms with van der Waals surface area (Å²) in [5.41, 5.74) is 3.01. The molecule has 2 N–H and O–H groups in total. The predicted molar refractivity (Wildman–Crippen MR) is 92.8 cm³/mol. The first-order valence-corrected chi connectivity index (χ1v) is 8.05. The van der Waals surface area contributed by atoms with Crippen molar-refractivity contribution in [3.63, 3.8) is 0 Å². The molecule has 2 amide bonds. The summed E-state index contributed by atoms with van der Waals surface area (Å²) in [5, 5.41) is 5.58. The van der Waals surface area contributed by atoms with Crippen LogP contribution in [0.3, 0.4) is 0 Å². The molecule has 0 aliphatic heterocycles. The Hall–Kier alpha value is -1.88. The normalized spacial score (nSPS) is 10.9. The quantitative estimate of drug-likeness (QED) is 0.571. The summed E-state index contributed by atoms with van der Waals surface area (Å²) in [7, 11) is 1.56. The zero-order chi connectivity index (χ0) is 17.4. The molecular weight excluding hydrogens is 292 g/mol. The number of nitrogens with one attached hydrogen (secondary N) is 2. The lowest BCUT2D eigenvalue weighted by atomic mass is 9.92. The fourth-order valence-corrected chi connectivity index (χ4v) is 2.38. The maximum Gasteiger partial charge on any atom is 0.233 e. The van der Waals surface area contributed by atoms with Gasteiger partial charge in [0.15, 0.2) is 0 Å². The van der Waals surface area contributed by atoms with Gasteiger partial charge in [0.05, 0.1) is 6.61 Å². The molecule has 0 spiro atoms. The van der Waals surface area contributed by atoms with Crippen molar-refractivity contribution < 1.29 is 14.3 Å². The third-order valence-corrected chi connectivity index (χ3v) is 3.59. The van der Waals surface area contributed by atoms with Crippen LogP contribution in [-0.4, -0.2) is 32.1 Å². The molecule has 0 fully saturated rings. The molecule has 0 bridgehead atoms. The summed E-state index contributed by atoms with van der Waals surface area (Å²) >= 11 is 0. The second-order valence-electron chi connectivity index (χ2n) is 6.19. The van der Waals surface area contributed by atoms with Gasteiger partial charge in [0.25, 0.3) is 0 Å². The first-order chi connectivity index (χ1) is 10.9. The Kier molecular flexibility index (Phi) is 7.75. The van der Waals surface area contributed by atoms with Gasteiger partial charge < -0.3 is 15.4 Å². The summed E-state index contributed by atoms with van der Waals surface area (Å²) in [6.45, 7) is 9.20. The molecule has 0 atom stereocenters. The van der Waals surface area contributed by atoms with Gasteiger partial charge in [0.2, 0.25) is 11.8 Å². The molecule has 5 heteroatoms. The molecule has 0 heterocycles. The highest BCUT2D eigenvalue weighted by Crippen LogP contribution is 2.32. The fourth-order valence-electron chi connectivity index (χ4n) is 2.38. The van der Waals surface area contributed by atoms with E-state index in [2.05, 4.69) is 38.3 Å². The molecule has 0 saturated carbocycles. The number of carbonyl (C=O) groups is 2. The van der Waals surface area contributed by atoms with E-state index in [1.807, 2.05) is 18.2 Å². The third kappa shape index (κ3) is 6.02. The first kappa shape index (κ1) is 19.2. The van der Waals surface area contributed by atoms with Crippen molar-refractivity contribution in [3.8, 4) is 0 Å². The van der Waals surface area contributed by atoms with Crippen LogP contribution in [0, 0.1) is 0 Å². The van der Waals surface area contributed by atoms with Crippen LogP contribution in [0.2, 0.25) is 0 Å². The number of para-hydroxylation sites is 1. The minimum atomic E-state index is -0.298. The fraction of sp³-hybridized carbons (Fsp3) is 0.556. The van der Waals surface area contributed by atoms with Crippen LogP contribution in [0.4, 0.5) is 5.69 Å². The zero-order valence-electron chi connectivity index (χ0n) is 14.7. The lowest BCUT2D eigenvalue weighted by Gasteiger charge is -2.20. The number of anilines is 1. The van der Waals surface area contributed by atoms with Gasteiger partial charge in [-0.25, -0.2) is 0 Å². The van der Waals surface area contributed by atoms with Crippen molar-refractivity contribution in [1.29, 1.82) is 0 Å². The van der Waals surface area contributed by atoms with Crippen LogP contribution < -0.4 is 10.6 Å². The minimum absolute atomic E-state index is 0.187. The minimum Gasteiger partial charge on any atom is -0.383 e. The molecule has 0 aliphatic rings. The Morgan fingerprint density at radius 2 is 1.61 bits per heavy atom.